The minimum absolute atomic E-state index is 0.155. The molecule has 0 unspecified atom stereocenters. The molecule has 1 aromatic rings. The first-order valence-corrected chi connectivity index (χ1v) is 6.99. The van der Waals surface area contributed by atoms with Crippen LogP contribution in [0.4, 0.5) is 11.5 Å². The van der Waals surface area contributed by atoms with Gasteiger partial charge >= 0.3 is 0 Å². The molecular formula is C14H18N4O2. The van der Waals surface area contributed by atoms with Gasteiger partial charge in [0.1, 0.15) is 23.6 Å². The summed E-state index contributed by atoms with van der Waals surface area (Å²) in [5.74, 6) is 1.28. The first-order valence-electron chi connectivity index (χ1n) is 6.99. The topological polar surface area (TPSA) is 91.8 Å². The van der Waals surface area contributed by atoms with E-state index in [9.17, 15) is 10.1 Å². The average Bonchev–Trinajstić information content (AvgIpc) is 2.96. The van der Waals surface area contributed by atoms with Crippen molar-refractivity contribution in [3.63, 3.8) is 0 Å². The van der Waals surface area contributed by atoms with Crippen LogP contribution in [-0.4, -0.2) is 16.5 Å². The number of rotatable bonds is 6. The van der Waals surface area contributed by atoms with Gasteiger partial charge < -0.3 is 5.32 Å². The summed E-state index contributed by atoms with van der Waals surface area (Å²) in [5.41, 5.74) is 0.0677. The number of anilines is 1. The van der Waals surface area contributed by atoms with E-state index < -0.39 is 4.92 Å². The van der Waals surface area contributed by atoms with Crippen LogP contribution in [0.2, 0.25) is 0 Å². The summed E-state index contributed by atoms with van der Waals surface area (Å²) in [6, 6.07) is 3.20. The van der Waals surface area contributed by atoms with Gasteiger partial charge in [0.05, 0.1) is 4.92 Å². The summed E-state index contributed by atoms with van der Waals surface area (Å²) in [5, 5.41) is 22.7. The first-order chi connectivity index (χ1) is 9.70. The Hall–Kier alpha value is -2.16. The predicted molar refractivity (Wildman–Crippen MR) is 75.3 cm³/mol. The van der Waals surface area contributed by atoms with Gasteiger partial charge in [0, 0.05) is 12.6 Å². The Kier molecular flexibility index (Phi) is 4.88. The molecule has 0 saturated heterocycles. The molecule has 6 heteroatoms. The zero-order valence-corrected chi connectivity index (χ0v) is 11.3. The Balaban J connectivity index is 1.85. The Morgan fingerprint density at radius 1 is 1.50 bits per heavy atom. The smallest absolute Gasteiger partial charge is 0.289 e. The fourth-order valence-electron chi connectivity index (χ4n) is 2.68. The number of nitrogens with zero attached hydrogens (tertiary/aromatic N) is 3. The van der Waals surface area contributed by atoms with Crippen LogP contribution in [0.3, 0.4) is 0 Å². The van der Waals surface area contributed by atoms with E-state index in [1.54, 1.807) is 0 Å². The highest BCUT2D eigenvalue weighted by Gasteiger charge is 2.15. The standard InChI is InChI=1S/C14H18N4O2/c15-9-12-8-13(18(19)20)10-17-14(12)16-7-3-6-11-4-1-2-5-11/h8,10-11H,1-7H2,(H,16,17). The molecule has 1 heterocycles. The van der Waals surface area contributed by atoms with Crippen LogP contribution in [0, 0.1) is 27.4 Å². The monoisotopic (exact) mass is 274 g/mol. The minimum Gasteiger partial charge on any atom is -0.369 e. The maximum absolute atomic E-state index is 10.6. The quantitative estimate of drug-likeness (QED) is 0.488. The summed E-state index contributed by atoms with van der Waals surface area (Å²) in [6.07, 6.45) is 8.77. The normalized spacial score (nSPS) is 14.9. The molecule has 0 aromatic carbocycles. The molecule has 1 aliphatic carbocycles. The largest absolute Gasteiger partial charge is 0.369 e. The number of pyridine rings is 1. The van der Waals surface area contributed by atoms with E-state index >= 15 is 0 Å². The van der Waals surface area contributed by atoms with Crippen LogP contribution in [0.25, 0.3) is 0 Å². The van der Waals surface area contributed by atoms with Gasteiger partial charge in [-0.3, -0.25) is 10.1 Å². The van der Waals surface area contributed by atoms with Crippen molar-refractivity contribution >= 4 is 11.5 Å². The van der Waals surface area contributed by atoms with Gasteiger partial charge in [0.2, 0.25) is 0 Å². The summed E-state index contributed by atoms with van der Waals surface area (Å²) < 4.78 is 0. The lowest BCUT2D eigenvalue weighted by molar-refractivity contribution is -0.385. The van der Waals surface area contributed by atoms with Gasteiger partial charge in [0.25, 0.3) is 5.69 Å². The van der Waals surface area contributed by atoms with Gasteiger partial charge in [-0.1, -0.05) is 25.7 Å². The summed E-state index contributed by atoms with van der Waals surface area (Å²) in [6.45, 7) is 0.746. The molecule has 6 nitrogen and oxygen atoms in total. The number of hydrogen-bond acceptors (Lipinski definition) is 5. The average molecular weight is 274 g/mol. The second-order valence-corrected chi connectivity index (χ2v) is 5.18. The van der Waals surface area contributed by atoms with E-state index in [2.05, 4.69) is 10.3 Å². The van der Waals surface area contributed by atoms with Crippen LogP contribution < -0.4 is 5.32 Å². The molecule has 106 valence electrons. The van der Waals surface area contributed by atoms with Crippen LogP contribution in [-0.2, 0) is 0 Å². The van der Waals surface area contributed by atoms with Crippen molar-refractivity contribution in [2.45, 2.75) is 38.5 Å². The Labute approximate surface area is 118 Å². The molecule has 0 amide bonds. The molecule has 0 radical (unpaired) electrons. The lowest BCUT2D eigenvalue weighted by atomic mass is 10.0. The molecular weight excluding hydrogens is 256 g/mol. The summed E-state index contributed by atoms with van der Waals surface area (Å²) >= 11 is 0. The van der Waals surface area contributed by atoms with E-state index in [0.717, 1.165) is 18.9 Å². The van der Waals surface area contributed by atoms with E-state index in [-0.39, 0.29) is 11.3 Å². The van der Waals surface area contributed by atoms with Crippen LogP contribution in [0.1, 0.15) is 44.1 Å². The van der Waals surface area contributed by atoms with Crippen molar-refractivity contribution in [2.75, 3.05) is 11.9 Å². The Morgan fingerprint density at radius 2 is 2.25 bits per heavy atom. The Bertz CT molecular complexity index is 518. The fraction of sp³-hybridized carbons (Fsp3) is 0.571. The number of aromatic nitrogens is 1. The van der Waals surface area contributed by atoms with Gasteiger partial charge in [-0.2, -0.15) is 5.26 Å². The molecule has 20 heavy (non-hydrogen) atoms. The van der Waals surface area contributed by atoms with Gasteiger partial charge in [-0.25, -0.2) is 4.98 Å². The minimum atomic E-state index is -0.544. The van der Waals surface area contributed by atoms with Gasteiger partial charge in [0.15, 0.2) is 0 Å². The molecule has 0 atom stereocenters. The van der Waals surface area contributed by atoms with Crippen LogP contribution in [0.5, 0.6) is 0 Å². The van der Waals surface area contributed by atoms with Crippen LogP contribution >= 0.6 is 0 Å². The number of hydrogen-bond donors (Lipinski definition) is 1. The number of nitro groups is 1. The molecule has 1 aliphatic rings. The molecule has 0 aliphatic heterocycles. The molecule has 0 spiro atoms. The van der Waals surface area contributed by atoms with Crippen molar-refractivity contribution in [3.8, 4) is 6.07 Å². The highest BCUT2D eigenvalue weighted by atomic mass is 16.6. The fourth-order valence-corrected chi connectivity index (χ4v) is 2.68. The molecule has 2 rings (SSSR count). The predicted octanol–water partition coefficient (Wildman–Crippen LogP) is 3.24. The van der Waals surface area contributed by atoms with Crippen molar-refractivity contribution in [1.82, 2.24) is 4.98 Å². The van der Waals surface area contributed by atoms with Crippen molar-refractivity contribution in [1.29, 1.82) is 5.26 Å². The lowest BCUT2D eigenvalue weighted by Crippen LogP contribution is -2.07. The third-order valence-electron chi connectivity index (χ3n) is 3.76. The highest BCUT2D eigenvalue weighted by molar-refractivity contribution is 5.55. The molecule has 1 saturated carbocycles. The maximum Gasteiger partial charge on any atom is 0.289 e. The van der Waals surface area contributed by atoms with E-state index in [4.69, 9.17) is 5.26 Å². The van der Waals surface area contributed by atoms with Gasteiger partial charge in [-0.15, -0.1) is 0 Å². The third-order valence-corrected chi connectivity index (χ3v) is 3.76. The Morgan fingerprint density at radius 3 is 2.90 bits per heavy atom. The summed E-state index contributed by atoms with van der Waals surface area (Å²) in [7, 11) is 0. The van der Waals surface area contributed by atoms with Crippen molar-refractivity contribution in [2.24, 2.45) is 5.92 Å². The lowest BCUT2D eigenvalue weighted by Gasteiger charge is -2.10. The number of nitriles is 1. The maximum atomic E-state index is 10.6. The third kappa shape index (κ3) is 3.67. The molecule has 0 bridgehead atoms. The second-order valence-electron chi connectivity index (χ2n) is 5.18. The molecule has 1 aromatic heterocycles. The van der Waals surface area contributed by atoms with E-state index in [1.807, 2.05) is 6.07 Å². The second kappa shape index (κ2) is 6.85. The number of nitrogens with one attached hydrogen (secondary N) is 1. The van der Waals surface area contributed by atoms with E-state index in [0.29, 0.717) is 5.82 Å². The van der Waals surface area contributed by atoms with Crippen LogP contribution in [0.15, 0.2) is 12.3 Å². The first kappa shape index (κ1) is 14.3. The molecule has 1 N–H and O–H groups in total. The van der Waals surface area contributed by atoms with Gasteiger partial charge in [-0.05, 0) is 18.8 Å². The van der Waals surface area contributed by atoms with Crippen molar-refractivity contribution in [3.05, 3.63) is 27.9 Å². The zero-order valence-electron chi connectivity index (χ0n) is 11.3. The van der Waals surface area contributed by atoms with E-state index in [1.165, 1.54) is 44.4 Å². The SMILES string of the molecule is N#Cc1cc([N+](=O)[O-])cnc1NCCCC1CCCC1. The summed E-state index contributed by atoms with van der Waals surface area (Å²) in [4.78, 5) is 14.0. The molecule has 1 fully saturated rings. The van der Waals surface area contributed by atoms with Crippen molar-refractivity contribution < 1.29 is 4.92 Å². The zero-order chi connectivity index (χ0) is 14.4. The highest BCUT2D eigenvalue weighted by Crippen LogP contribution is 2.28.